The minimum absolute atomic E-state index is 0.0101. The zero-order chi connectivity index (χ0) is 17.5. The van der Waals surface area contributed by atoms with Crippen molar-refractivity contribution in [3.63, 3.8) is 0 Å². The summed E-state index contributed by atoms with van der Waals surface area (Å²) < 4.78 is 10.8. The average Bonchev–Trinajstić information content (AvgIpc) is 3.09. The number of carbonyl (C=O) groups excluding carboxylic acids is 2. The zero-order valence-electron chi connectivity index (χ0n) is 14.2. The van der Waals surface area contributed by atoms with E-state index in [0.717, 1.165) is 0 Å². The Kier molecular flexibility index (Phi) is 6.43. The summed E-state index contributed by atoms with van der Waals surface area (Å²) in [5.74, 6) is 0.819. The highest BCUT2D eigenvalue weighted by molar-refractivity contribution is 5.95. The number of ether oxygens (including phenoxy) is 2. The fourth-order valence-corrected chi connectivity index (χ4v) is 2.75. The first kappa shape index (κ1) is 18.1. The SMILES string of the molecule is CCNC(=O)[C@H]1CCN(C(=O)c2ccc(OCCN)c(OC)c2)C1. The Morgan fingerprint density at radius 3 is 2.83 bits per heavy atom. The van der Waals surface area contributed by atoms with Crippen molar-refractivity contribution in [3.8, 4) is 11.5 Å². The Morgan fingerprint density at radius 1 is 1.38 bits per heavy atom. The number of nitrogens with two attached hydrogens (primary N) is 1. The van der Waals surface area contributed by atoms with Gasteiger partial charge >= 0.3 is 0 Å². The molecule has 0 spiro atoms. The van der Waals surface area contributed by atoms with Gasteiger partial charge in [-0.3, -0.25) is 9.59 Å². The molecular weight excluding hydrogens is 310 g/mol. The van der Waals surface area contributed by atoms with Crippen LogP contribution in [0.1, 0.15) is 23.7 Å². The largest absolute Gasteiger partial charge is 0.493 e. The highest BCUT2D eigenvalue weighted by Gasteiger charge is 2.31. The van der Waals surface area contributed by atoms with Crippen LogP contribution in [0.25, 0.3) is 0 Å². The van der Waals surface area contributed by atoms with Crippen LogP contribution < -0.4 is 20.5 Å². The fraction of sp³-hybridized carbons (Fsp3) is 0.529. The van der Waals surface area contributed by atoms with Crippen LogP contribution in [0.4, 0.5) is 0 Å². The van der Waals surface area contributed by atoms with Crippen molar-refractivity contribution in [1.29, 1.82) is 0 Å². The molecule has 0 radical (unpaired) electrons. The van der Waals surface area contributed by atoms with Crippen molar-refractivity contribution in [2.75, 3.05) is 39.9 Å². The van der Waals surface area contributed by atoms with Gasteiger partial charge in [0.1, 0.15) is 6.61 Å². The summed E-state index contributed by atoms with van der Waals surface area (Å²) in [5.41, 5.74) is 5.95. The molecule has 0 aromatic heterocycles. The van der Waals surface area contributed by atoms with Crippen molar-refractivity contribution in [2.45, 2.75) is 13.3 Å². The third-order valence-electron chi connectivity index (χ3n) is 3.98. The summed E-state index contributed by atoms with van der Waals surface area (Å²) in [7, 11) is 1.53. The first-order valence-electron chi connectivity index (χ1n) is 8.18. The Morgan fingerprint density at radius 2 is 2.17 bits per heavy atom. The summed E-state index contributed by atoms with van der Waals surface area (Å²) in [6, 6.07) is 5.07. The third-order valence-corrected chi connectivity index (χ3v) is 3.98. The van der Waals surface area contributed by atoms with Crippen LogP contribution in [-0.4, -0.2) is 56.6 Å². The molecule has 7 heteroatoms. The van der Waals surface area contributed by atoms with Crippen LogP contribution >= 0.6 is 0 Å². The average molecular weight is 335 g/mol. The maximum absolute atomic E-state index is 12.6. The number of likely N-dealkylation sites (tertiary alicyclic amines) is 1. The number of nitrogens with one attached hydrogen (secondary N) is 1. The lowest BCUT2D eigenvalue weighted by atomic mass is 10.1. The molecule has 2 amide bonds. The van der Waals surface area contributed by atoms with Gasteiger partial charge in [0.25, 0.3) is 5.91 Å². The number of hydrogen-bond donors (Lipinski definition) is 2. The Balaban J connectivity index is 2.06. The van der Waals surface area contributed by atoms with Gasteiger partial charge < -0.3 is 25.4 Å². The van der Waals surface area contributed by atoms with Crippen molar-refractivity contribution in [2.24, 2.45) is 11.7 Å². The molecular formula is C17H25N3O4. The number of rotatable bonds is 7. The van der Waals surface area contributed by atoms with E-state index in [2.05, 4.69) is 5.32 Å². The standard InChI is InChI=1S/C17H25N3O4/c1-3-19-16(21)13-6-8-20(11-13)17(22)12-4-5-14(24-9-7-18)15(10-12)23-2/h4-5,10,13H,3,6-9,11,18H2,1-2H3,(H,19,21)/t13-/m0/s1. The molecule has 0 saturated carbocycles. The molecule has 7 nitrogen and oxygen atoms in total. The van der Waals surface area contributed by atoms with Crippen LogP contribution in [0.3, 0.4) is 0 Å². The van der Waals surface area contributed by atoms with Crippen LogP contribution in [-0.2, 0) is 4.79 Å². The molecule has 132 valence electrons. The molecule has 1 saturated heterocycles. The second-order valence-electron chi connectivity index (χ2n) is 5.63. The molecule has 1 atom stereocenters. The molecule has 24 heavy (non-hydrogen) atoms. The van der Waals surface area contributed by atoms with Gasteiger partial charge in [-0.25, -0.2) is 0 Å². The van der Waals surface area contributed by atoms with E-state index in [1.54, 1.807) is 23.1 Å². The third kappa shape index (κ3) is 4.17. The predicted molar refractivity (Wildman–Crippen MR) is 90.2 cm³/mol. The molecule has 1 aliphatic rings. The second kappa shape index (κ2) is 8.54. The number of nitrogens with zero attached hydrogens (tertiary/aromatic N) is 1. The van der Waals surface area contributed by atoms with Gasteiger partial charge in [-0.05, 0) is 31.5 Å². The van der Waals surface area contributed by atoms with Crippen LogP contribution in [0.2, 0.25) is 0 Å². The lowest BCUT2D eigenvalue weighted by Gasteiger charge is -2.18. The molecule has 3 N–H and O–H groups in total. The van der Waals surface area contributed by atoms with Gasteiger partial charge in [0.15, 0.2) is 11.5 Å². The quantitative estimate of drug-likeness (QED) is 0.762. The molecule has 1 fully saturated rings. The monoisotopic (exact) mass is 335 g/mol. The van der Waals surface area contributed by atoms with Gasteiger partial charge in [0.2, 0.25) is 5.91 Å². The maximum atomic E-state index is 12.6. The lowest BCUT2D eigenvalue weighted by Crippen LogP contribution is -2.34. The smallest absolute Gasteiger partial charge is 0.254 e. The molecule has 1 aromatic rings. The Bertz CT molecular complexity index is 591. The summed E-state index contributed by atoms with van der Waals surface area (Å²) in [6.07, 6.45) is 0.687. The molecule has 2 rings (SSSR count). The zero-order valence-corrected chi connectivity index (χ0v) is 14.2. The number of amides is 2. The number of benzene rings is 1. The predicted octanol–water partition coefficient (Wildman–Crippen LogP) is 0.631. The summed E-state index contributed by atoms with van der Waals surface area (Å²) in [5, 5.41) is 2.81. The molecule has 0 bridgehead atoms. The Labute approximate surface area is 142 Å². The van der Waals surface area contributed by atoms with Crippen molar-refractivity contribution in [3.05, 3.63) is 23.8 Å². The van der Waals surface area contributed by atoms with Gasteiger partial charge in [-0.2, -0.15) is 0 Å². The van der Waals surface area contributed by atoms with Gasteiger partial charge in [-0.1, -0.05) is 0 Å². The van der Waals surface area contributed by atoms with Gasteiger partial charge in [-0.15, -0.1) is 0 Å². The van der Waals surface area contributed by atoms with Crippen LogP contribution in [0.15, 0.2) is 18.2 Å². The van der Waals surface area contributed by atoms with Crippen LogP contribution in [0.5, 0.6) is 11.5 Å². The first-order valence-corrected chi connectivity index (χ1v) is 8.18. The minimum atomic E-state index is -0.136. The molecule has 1 aliphatic heterocycles. The van der Waals surface area contributed by atoms with E-state index < -0.39 is 0 Å². The van der Waals surface area contributed by atoms with Gasteiger partial charge in [0, 0.05) is 31.7 Å². The van der Waals surface area contributed by atoms with E-state index in [4.69, 9.17) is 15.2 Å². The highest BCUT2D eigenvalue weighted by atomic mass is 16.5. The summed E-state index contributed by atoms with van der Waals surface area (Å²) >= 11 is 0. The molecule has 1 heterocycles. The molecule has 0 aliphatic carbocycles. The number of methoxy groups -OCH3 is 1. The molecule has 0 unspecified atom stereocenters. The number of hydrogen-bond acceptors (Lipinski definition) is 5. The maximum Gasteiger partial charge on any atom is 0.254 e. The van der Waals surface area contributed by atoms with E-state index in [-0.39, 0.29) is 17.7 Å². The van der Waals surface area contributed by atoms with Crippen molar-refractivity contribution >= 4 is 11.8 Å². The van der Waals surface area contributed by atoms with E-state index >= 15 is 0 Å². The van der Waals surface area contributed by atoms with Crippen LogP contribution in [0, 0.1) is 5.92 Å². The second-order valence-corrected chi connectivity index (χ2v) is 5.63. The molecule has 1 aromatic carbocycles. The normalized spacial score (nSPS) is 16.8. The first-order chi connectivity index (χ1) is 11.6. The van der Waals surface area contributed by atoms with E-state index in [0.29, 0.717) is 56.3 Å². The summed E-state index contributed by atoms with van der Waals surface area (Å²) in [6.45, 7) is 4.29. The van der Waals surface area contributed by atoms with Gasteiger partial charge in [0.05, 0.1) is 13.0 Å². The van der Waals surface area contributed by atoms with E-state index in [1.165, 1.54) is 7.11 Å². The summed E-state index contributed by atoms with van der Waals surface area (Å²) in [4.78, 5) is 26.2. The fourth-order valence-electron chi connectivity index (χ4n) is 2.75. The van der Waals surface area contributed by atoms with E-state index in [9.17, 15) is 9.59 Å². The Hall–Kier alpha value is -2.28. The minimum Gasteiger partial charge on any atom is -0.493 e. The van der Waals surface area contributed by atoms with E-state index in [1.807, 2.05) is 6.92 Å². The van der Waals surface area contributed by atoms with Crippen molar-refractivity contribution in [1.82, 2.24) is 10.2 Å². The lowest BCUT2D eigenvalue weighted by molar-refractivity contribution is -0.124. The number of carbonyl (C=O) groups is 2. The topological polar surface area (TPSA) is 93.9 Å². The van der Waals surface area contributed by atoms with Crippen molar-refractivity contribution < 1.29 is 19.1 Å². The highest BCUT2D eigenvalue weighted by Crippen LogP contribution is 2.29.